The van der Waals surface area contributed by atoms with Gasteiger partial charge in [0, 0.05) is 13.0 Å². The number of carboxylic acid groups (broad SMARTS) is 1. The fourth-order valence-corrected chi connectivity index (χ4v) is 1.82. The van der Waals surface area contributed by atoms with Crippen molar-refractivity contribution in [2.45, 2.75) is 51.0 Å². The van der Waals surface area contributed by atoms with Gasteiger partial charge in [0.25, 0.3) is 0 Å². The maximum absolute atomic E-state index is 10.3. The van der Waals surface area contributed by atoms with Crippen LogP contribution < -0.4 is 0 Å². The van der Waals surface area contributed by atoms with Crippen LogP contribution in [0.5, 0.6) is 0 Å². The monoisotopic (exact) mass is 334 g/mol. The van der Waals surface area contributed by atoms with Crippen molar-refractivity contribution in [2.75, 3.05) is 6.61 Å². The van der Waals surface area contributed by atoms with Crippen LogP contribution in [-0.2, 0) is 4.79 Å². The number of hydrogen-bond donors (Lipinski definition) is 3. The van der Waals surface area contributed by atoms with Gasteiger partial charge in [-0.1, -0.05) is 60.8 Å². The third-order valence-electron chi connectivity index (χ3n) is 3.08. The normalized spacial score (nSPS) is 14.1. The summed E-state index contributed by atoms with van der Waals surface area (Å²) in [4.78, 5) is 10.3. The first-order valence-corrected chi connectivity index (χ1v) is 8.46. The molecule has 0 amide bonds. The molecule has 0 aliphatic rings. The summed E-state index contributed by atoms with van der Waals surface area (Å²) in [7, 11) is 0. The van der Waals surface area contributed by atoms with Crippen LogP contribution in [0.3, 0.4) is 0 Å². The molecule has 0 saturated carbocycles. The number of aliphatic carboxylic acids is 1. The van der Waals surface area contributed by atoms with E-state index in [-0.39, 0.29) is 13.0 Å². The summed E-state index contributed by atoms with van der Waals surface area (Å²) in [5, 5.41) is 26.7. The Morgan fingerprint density at radius 3 is 2.04 bits per heavy atom. The largest absolute Gasteiger partial charge is 0.481 e. The molecule has 24 heavy (non-hydrogen) atoms. The molecule has 0 aromatic carbocycles. The Bertz CT molecular complexity index is 445. The molecule has 0 rings (SSSR count). The van der Waals surface area contributed by atoms with Gasteiger partial charge in [-0.05, 0) is 38.5 Å². The van der Waals surface area contributed by atoms with Gasteiger partial charge in [0.2, 0.25) is 0 Å². The van der Waals surface area contributed by atoms with Crippen LogP contribution in [0.2, 0.25) is 0 Å². The summed E-state index contributed by atoms with van der Waals surface area (Å²) in [5.41, 5.74) is 0. The van der Waals surface area contributed by atoms with Gasteiger partial charge in [-0.2, -0.15) is 0 Å². The van der Waals surface area contributed by atoms with Gasteiger partial charge in [0.1, 0.15) is 0 Å². The molecule has 4 heteroatoms. The minimum Gasteiger partial charge on any atom is -0.481 e. The van der Waals surface area contributed by atoms with Gasteiger partial charge in [-0.3, -0.25) is 4.79 Å². The van der Waals surface area contributed by atoms with Crippen LogP contribution in [0, 0.1) is 0 Å². The van der Waals surface area contributed by atoms with Crippen molar-refractivity contribution in [3.8, 4) is 0 Å². The Morgan fingerprint density at radius 1 is 0.875 bits per heavy atom. The lowest BCUT2D eigenvalue weighted by Gasteiger charge is -2.02. The molecule has 1 unspecified atom stereocenters. The van der Waals surface area contributed by atoms with Crippen LogP contribution in [0.25, 0.3) is 0 Å². The zero-order chi connectivity index (χ0) is 17.9. The van der Waals surface area contributed by atoms with Crippen LogP contribution in [0.4, 0.5) is 0 Å². The number of aliphatic hydroxyl groups is 2. The van der Waals surface area contributed by atoms with Gasteiger partial charge in [0.05, 0.1) is 6.10 Å². The highest BCUT2D eigenvalue weighted by molar-refractivity contribution is 5.66. The van der Waals surface area contributed by atoms with E-state index in [4.69, 9.17) is 10.2 Å². The lowest BCUT2D eigenvalue weighted by Crippen LogP contribution is -2.03. The Balaban J connectivity index is 3.64. The highest BCUT2D eigenvalue weighted by Gasteiger charge is 2.01. The first-order valence-electron chi connectivity index (χ1n) is 8.46. The van der Waals surface area contributed by atoms with Crippen molar-refractivity contribution in [2.24, 2.45) is 0 Å². The van der Waals surface area contributed by atoms with E-state index in [9.17, 15) is 9.90 Å². The molecule has 0 aliphatic heterocycles. The van der Waals surface area contributed by atoms with Crippen LogP contribution in [-0.4, -0.2) is 34.0 Å². The fourth-order valence-electron chi connectivity index (χ4n) is 1.82. The first-order chi connectivity index (χ1) is 11.7. The molecule has 0 radical (unpaired) electrons. The van der Waals surface area contributed by atoms with E-state index in [0.717, 1.165) is 19.3 Å². The highest BCUT2D eigenvalue weighted by atomic mass is 16.4. The SMILES string of the molecule is O=C(O)CCCC(O)/C=C/C=C\C/C=C\C/C=C\C/C=C\CCO. The van der Waals surface area contributed by atoms with Crippen molar-refractivity contribution in [3.63, 3.8) is 0 Å². The van der Waals surface area contributed by atoms with Crippen molar-refractivity contribution in [1.29, 1.82) is 0 Å². The predicted octanol–water partition coefficient (Wildman–Crippen LogP) is 3.94. The van der Waals surface area contributed by atoms with Gasteiger partial charge in [-0.25, -0.2) is 0 Å². The fraction of sp³-hybridized carbons (Fsp3) is 0.450. The maximum Gasteiger partial charge on any atom is 0.303 e. The summed E-state index contributed by atoms with van der Waals surface area (Å²) < 4.78 is 0. The van der Waals surface area contributed by atoms with E-state index in [1.807, 2.05) is 24.3 Å². The van der Waals surface area contributed by atoms with Crippen molar-refractivity contribution in [1.82, 2.24) is 0 Å². The number of carbonyl (C=O) groups is 1. The second kappa shape index (κ2) is 17.4. The minimum atomic E-state index is -0.828. The molecular formula is C20H30O4. The Labute approximate surface area is 145 Å². The smallest absolute Gasteiger partial charge is 0.303 e. The lowest BCUT2D eigenvalue weighted by molar-refractivity contribution is -0.137. The van der Waals surface area contributed by atoms with Gasteiger partial charge < -0.3 is 15.3 Å². The van der Waals surface area contributed by atoms with Crippen LogP contribution in [0.1, 0.15) is 44.9 Å². The molecule has 0 spiro atoms. The molecule has 0 aromatic rings. The molecule has 3 N–H and O–H groups in total. The van der Waals surface area contributed by atoms with E-state index in [2.05, 4.69) is 24.3 Å². The molecule has 0 aromatic heterocycles. The summed E-state index contributed by atoms with van der Waals surface area (Å²) >= 11 is 0. The van der Waals surface area contributed by atoms with Gasteiger partial charge in [0.15, 0.2) is 0 Å². The summed E-state index contributed by atoms with van der Waals surface area (Å²) in [5.74, 6) is -0.828. The zero-order valence-electron chi connectivity index (χ0n) is 14.3. The summed E-state index contributed by atoms with van der Waals surface area (Å²) in [6.07, 6.45) is 23.6. The molecule has 0 bridgehead atoms. The number of allylic oxidation sites excluding steroid dienone is 8. The number of hydrogen-bond acceptors (Lipinski definition) is 3. The second-order valence-electron chi connectivity index (χ2n) is 5.30. The molecule has 1 atom stereocenters. The molecule has 0 aliphatic carbocycles. The first kappa shape index (κ1) is 22.1. The third-order valence-corrected chi connectivity index (χ3v) is 3.08. The molecule has 4 nitrogen and oxygen atoms in total. The zero-order valence-corrected chi connectivity index (χ0v) is 14.3. The van der Waals surface area contributed by atoms with Crippen LogP contribution in [0.15, 0.2) is 60.8 Å². The van der Waals surface area contributed by atoms with Gasteiger partial charge >= 0.3 is 5.97 Å². The predicted molar refractivity (Wildman–Crippen MR) is 98.7 cm³/mol. The molecule has 134 valence electrons. The Kier molecular flexibility index (Phi) is 16.1. The minimum absolute atomic E-state index is 0.0962. The standard InChI is InChI=1S/C20H30O4/c21-18-13-11-9-7-5-3-1-2-4-6-8-10-12-15-19(22)16-14-17-20(23)24/h2-5,8-12,15,19,21-22H,1,6-7,13-14,16-18H2,(H,23,24)/b4-2-,5-3-,10-8-,11-9-,15-12+. The average molecular weight is 334 g/mol. The quantitative estimate of drug-likeness (QED) is 0.332. The second-order valence-corrected chi connectivity index (χ2v) is 5.30. The average Bonchev–Trinajstić information content (AvgIpc) is 2.55. The van der Waals surface area contributed by atoms with Crippen LogP contribution >= 0.6 is 0 Å². The van der Waals surface area contributed by atoms with Crippen molar-refractivity contribution >= 4 is 5.97 Å². The van der Waals surface area contributed by atoms with E-state index in [1.54, 1.807) is 12.2 Å². The topological polar surface area (TPSA) is 77.8 Å². The number of carboxylic acids is 1. The van der Waals surface area contributed by atoms with E-state index >= 15 is 0 Å². The molecule has 0 fully saturated rings. The third kappa shape index (κ3) is 18.1. The van der Waals surface area contributed by atoms with E-state index in [1.165, 1.54) is 0 Å². The lowest BCUT2D eigenvalue weighted by atomic mass is 10.1. The maximum atomic E-state index is 10.3. The molecular weight excluding hydrogens is 304 g/mol. The Hall–Kier alpha value is -1.91. The number of rotatable bonds is 14. The number of aliphatic hydroxyl groups excluding tert-OH is 2. The summed E-state index contributed by atoms with van der Waals surface area (Å²) in [6.45, 7) is 0.204. The van der Waals surface area contributed by atoms with E-state index in [0.29, 0.717) is 19.3 Å². The molecule has 0 heterocycles. The molecule has 0 saturated heterocycles. The van der Waals surface area contributed by atoms with Crippen molar-refractivity contribution in [3.05, 3.63) is 60.8 Å². The van der Waals surface area contributed by atoms with Crippen molar-refractivity contribution < 1.29 is 20.1 Å². The van der Waals surface area contributed by atoms with Gasteiger partial charge in [-0.15, -0.1) is 0 Å². The summed E-state index contributed by atoms with van der Waals surface area (Å²) in [6, 6.07) is 0. The van der Waals surface area contributed by atoms with E-state index < -0.39 is 12.1 Å². The Morgan fingerprint density at radius 2 is 1.46 bits per heavy atom. The highest BCUT2D eigenvalue weighted by Crippen LogP contribution is 2.02.